The molecule has 0 aromatic carbocycles. The Bertz CT molecular complexity index is 682. The summed E-state index contributed by atoms with van der Waals surface area (Å²) < 4.78 is 0. The number of rotatable bonds is 4. The number of nitrogens with one attached hydrogen (secondary N) is 1. The molecule has 6 heteroatoms. The van der Waals surface area contributed by atoms with Gasteiger partial charge in [-0.25, -0.2) is 0 Å². The van der Waals surface area contributed by atoms with Crippen LogP contribution in [0.25, 0.3) is 0 Å². The van der Waals surface area contributed by atoms with Gasteiger partial charge in [0.2, 0.25) is 5.91 Å². The Kier molecular flexibility index (Phi) is 6.31. The van der Waals surface area contributed by atoms with Crippen LogP contribution in [0.5, 0.6) is 0 Å². The van der Waals surface area contributed by atoms with Crippen molar-refractivity contribution < 1.29 is 9.90 Å². The maximum Gasteiger partial charge on any atom is 0.240 e. The van der Waals surface area contributed by atoms with Crippen LogP contribution in [0.1, 0.15) is 77.0 Å². The van der Waals surface area contributed by atoms with Crippen LogP contribution in [-0.4, -0.2) is 64.5 Å². The summed E-state index contributed by atoms with van der Waals surface area (Å²) in [5.41, 5.74) is 5.94. The van der Waals surface area contributed by atoms with Gasteiger partial charge in [0.05, 0.1) is 18.0 Å². The average molecular weight is 431 g/mol. The van der Waals surface area contributed by atoms with Crippen molar-refractivity contribution in [2.45, 2.75) is 95.2 Å². The first kappa shape index (κ1) is 21.7. The average Bonchev–Trinajstić information content (AvgIpc) is 3.37. The largest absolute Gasteiger partial charge is 0.391 e. The van der Waals surface area contributed by atoms with Crippen LogP contribution < -0.4 is 5.73 Å². The fraction of sp³-hybridized carbons (Fsp3) is 0.920. The van der Waals surface area contributed by atoms with Gasteiger partial charge in [-0.3, -0.25) is 15.1 Å². The lowest BCUT2D eigenvalue weighted by atomic mass is 9.65. The van der Waals surface area contributed by atoms with E-state index < -0.39 is 0 Å². The number of nitrogens with zero attached hydrogens (tertiary/aromatic N) is 2. The third-order valence-corrected chi connectivity index (χ3v) is 9.68. The summed E-state index contributed by atoms with van der Waals surface area (Å²) in [5.74, 6) is 3.79. The van der Waals surface area contributed by atoms with Gasteiger partial charge in [-0.15, -0.1) is 0 Å². The van der Waals surface area contributed by atoms with Crippen molar-refractivity contribution in [3.63, 3.8) is 0 Å². The number of hydrogen-bond donors (Lipinski definition) is 3. The monoisotopic (exact) mass is 430 g/mol. The Labute approximate surface area is 187 Å². The summed E-state index contributed by atoms with van der Waals surface area (Å²) in [4.78, 5) is 18.1. The van der Waals surface area contributed by atoms with E-state index in [4.69, 9.17) is 11.1 Å². The van der Waals surface area contributed by atoms with E-state index in [0.717, 1.165) is 50.0 Å². The lowest BCUT2D eigenvalue weighted by molar-refractivity contribution is -0.136. The highest BCUT2D eigenvalue weighted by Crippen LogP contribution is 2.47. The molecule has 0 spiro atoms. The molecule has 0 radical (unpaired) electrons. The fourth-order valence-electron chi connectivity index (χ4n) is 8.05. The second-order valence-corrected chi connectivity index (χ2v) is 11.4. The summed E-state index contributed by atoms with van der Waals surface area (Å²) in [6.07, 6.45) is 14.0. The van der Waals surface area contributed by atoms with Crippen molar-refractivity contribution >= 4 is 11.7 Å². The highest BCUT2D eigenvalue weighted by molar-refractivity contribution is 5.83. The number of nitrogens with two attached hydrogens (primary N) is 1. The van der Waals surface area contributed by atoms with E-state index in [1.807, 2.05) is 4.90 Å². The second kappa shape index (κ2) is 9.01. The minimum atomic E-state index is -0.357. The zero-order valence-electron chi connectivity index (χ0n) is 19.1. The molecular formula is C25H42N4O2. The summed E-state index contributed by atoms with van der Waals surface area (Å²) in [5, 5.41) is 18.0. The third-order valence-electron chi connectivity index (χ3n) is 9.68. The Morgan fingerprint density at radius 1 is 0.968 bits per heavy atom. The zero-order chi connectivity index (χ0) is 21.5. The maximum absolute atomic E-state index is 13.6. The predicted octanol–water partition coefficient (Wildman–Crippen LogP) is 2.98. The molecule has 5 fully saturated rings. The van der Waals surface area contributed by atoms with Crippen LogP contribution >= 0.6 is 0 Å². The summed E-state index contributed by atoms with van der Waals surface area (Å²) >= 11 is 0. The third kappa shape index (κ3) is 4.27. The fourth-order valence-corrected chi connectivity index (χ4v) is 8.05. The molecule has 8 atom stereocenters. The SMILES string of the molecule is N=C(N)C1CCC2CC(C(=O)N3CC[C@@H](O)C3)N(CC3CCCC4CCCCC43)C2C1. The molecule has 3 aliphatic carbocycles. The van der Waals surface area contributed by atoms with Crippen molar-refractivity contribution in [2.24, 2.45) is 35.3 Å². The van der Waals surface area contributed by atoms with Gasteiger partial charge >= 0.3 is 0 Å². The minimum Gasteiger partial charge on any atom is -0.391 e. The van der Waals surface area contributed by atoms with E-state index in [-0.39, 0.29) is 24.0 Å². The minimum absolute atomic E-state index is 0.0324. The van der Waals surface area contributed by atoms with Crippen LogP contribution in [0.15, 0.2) is 0 Å². The van der Waals surface area contributed by atoms with Crippen LogP contribution in [0.3, 0.4) is 0 Å². The number of hydrogen-bond acceptors (Lipinski definition) is 4. The number of fused-ring (bicyclic) bond motifs is 2. The molecule has 174 valence electrons. The van der Waals surface area contributed by atoms with Crippen molar-refractivity contribution in [3.05, 3.63) is 0 Å². The number of amidine groups is 1. The van der Waals surface area contributed by atoms with Crippen molar-refractivity contribution in [2.75, 3.05) is 19.6 Å². The van der Waals surface area contributed by atoms with Gasteiger partial charge in [0, 0.05) is 31.6 Å². The first-order valence-electron chi connectivity index (χ1n) is 13.1. The molecule has 3 saturated carbocycles. The topological polar surface area (TPSA) is 93.6 Å². The smallest absolute Gasteiger partial charge is 0.240 e. The predicted molar refractivity (Wildman–Crippen MR) is 122 cm³/mol. The van der Waals surface area contributed by atoms with E-state index in [2.05, 4.69) is 4.90 Å². The van der Waals surface area contributed by atoms with E-state index in [1.165, 1.54) is 44.9 Å². The molecule has 6 nitrogen and oxygen atoms in total. The van der Waals surface area contributed by atoms with E-state index in [0.29, 0.717) is 37.3 Å². The van der Waals surface area contributed by atoms with Crippen LogP contribution in [-0.2, 0) is 4.79 Å². The highest BCUT2D eigenvalue weighted by atomic mass is 16.3. The summed E-state index contributed by atoms with van der Waals surface area (Å²) in [6.45, 7) is 2.26. The van der Waals surface area contributed by atoms with E-state index in [9.17, 15) is 9.90 Å². The molecule has 0 bridgehead atoms. The molecule has 2 aliphatic heterocycles. The number of aliphatic hydroxyl groups excluding tert-OH is 1. The quantitative estimate of drug-likeness (QED) is 0.472. The lowest BCUT2D eigenvalue weighted by Gasteiger charge is -2.45. The molecule has 1 amide bonds. The van der Waals surface area contributed by atoms with Gasteiger partial charge in [-0.05, 0) is 68.6 Å². The van der Waals surface area contributed by atoms with Gasteiger partial charge in [-0.1, -0.05) is 32.1 Å². The van der Waals surface area contributed by atoms with E-state index in [1.54, 1.807) is 0 Å². The maximum atomic E-state index is 13.6. The summed E-state index contributed by atoms with van der Waals surface area (Å²) in [7, 11) is 0. The van der Waals surface area contributed by atoms with Gasteiger partial charge < -0.3 is 15.7 Å². The highest BCUT2D eigenvalue weighted by Gasteiger charge is 2.50. The second-order valence-electron chi connectivity index (χ2n) is 11.4. The Morgan fingerprint density at radius 2 is 1.77 bits per heavy atom. The number of carbonyl (C=O) groups excluding carboxylic acids is 1. The summed E-state index contributed by atoms with van der Waals surface area (Å²) in [6, 6.07) is 0.364. The van der Waals surface area contributed by atoms with Crippen molar-refractivity contribution in [1.29, 1.82) is 5.41 Å². The number of amides is 1. The van der Waals surface area contributed by atoms with Crippen molar-refractivity contribution in [3.8, 4) is 0 Å². The van der Waals surface area contributed by atoms with Gasteiger partial charge in [0.1, 0.15) is 0 Å². The number of β-amino-alcohol motifs (C(OH)–C–C–N with tert-alkyl or cyclic N) is 1. The molecule has 4 N–H and O–H groups in total. The first-order chi connectivity index (χ1) is 15.0. The molecule has 2 heterocycles. The van der Waals surface area contributed by atoms with Gasteiger partial charge in [0.25, 0.3) is 0 Å². The van der Waals surface area contributed by atoms with Crippen molar-refractivity contribution in [1.82, 2.24) is 9.80 Å². The number of carbonyl (C=O) groups is 1. The Hall–Kier alpha value is -1.14. The molecule has 5 aliphatic rings. The van der Waals surface area contributed by atoms with Gasteiger partial charge in [0.15, 0.2) is 0 Å². The Morgan fingerprint density at radius 3 is 2.55 bits per heavy atom. The zero-order valence-corrected chi connectivity index (χ0v) is 19.1. The van der Waals surface area contributed by atoms with E-state index >= 15 is 0 Å². The Balaban J connectivity index is 1.36. The molecule has 5 rings (SSSR count). The first-order valence-corrected chi connectivity index (χ1v) is 13.1. The number of likely N-dealkylation sites (tertiary alicyclic amines) is 2. The molecule has 31 heavy (non-hydrogen) atoms. The molecular weight excluding hydrogens is 388 g/mol. The molecule has 0 aromatic rings. The van der Waals surface area contributed by atoms with Gasteiger partial charge in [-0.2, -0.15) is 0 Å². The molecule has 2 saturated heterocycles. The standard InChI is InChI=1S/C25H42N4O2/c26-24(27)18-9-8-17-12-23(25(31)28-11-10-20(30)15-28)29(22(17)13-18)14-19-6-3-5-16-4-1-2-7-21(16)19/h16-23,30H,1-15H2,(H3,26,27)/t16?,17?,18?,19?,20-,21?,22?,23?/m1/s1. The molecule has 0 aromatic heterocycles. The number of aliphatic hydroxyl groups is 1. The normalized spacial score (nSPS) is 43.5. The molecule has 7 unspecified atom stereocenters. The van der Waals surface area contributed by atoms with Crippen LogP contribution in [0, 0.1) is 35.0 Å². The van der Waals surface area contributed by atoms with Crippen LogP contribution in [0.4, 0.5) is 0 Å². The van der Waals surface area contributed by atoms with Crippen LogP contribution in [0.2, 0.25) is 0 Å². The lowest BCUT2D eigenvalue weighted by Crippen LogP contribution is -2.51.